The first-order valence-corrected chi connectivity index (χ1v) is 10.5. The van der Waals surface area contributed by atoms with Crippen LogP contribution in [0.5, 0.6) is 0 Å². The Morgan fingerprint density at radius 1 is 0.846 bits per heavy atom. The van der Waals surface area contributed by atoms with Crippen molar-refractivity contribution in [2.24, 2.45) is 0 Å². The molecule has 0 spiro atoms. The fourth-order valence-corrected chi connectivity index (χ4v) is 4.29. The van der Waals surface area contributed by atoms with E-state index >= 15 is 0 Å². The molecule has 26 heavy (non-hydrogen) atoms. The van der Waals surface area contributed by atoms with E-state index in [9.17, 15) is 9.59 Å². The average molecular weight is 393 g/mol. The summed E-state index contributed by atoms with van der Waals surface area (Å²) in [5.41, 5.74) is 0. The van der Waals surface area contributed by atoms with Gasteiger partial charge in [-0.1, -0.05) is 26.7 Å². The topological polar surface area (TPSA) is 52.6 Å². The number of carbonyl (C=O) groups is 2. The lowest BCUT2D eigenvalue weighted by atomic mass is 10.3. The van der Waals surface area contributed by atoms with Gasteiger partial charge in [0.1, 0.15) is 0 Å². The summed E-state index contributed by atoms with van der Waals surface area (Å²) in [4.78, 5) is 25.2. The van der Waals surface area contributed by atoms with Gasteiger partial charge in [-0.2, -0.15) is 0 Å². The molecular weight excluding hydrogens is 368 g/mol. The summed E-state index contributed by atoms with van der Waals surface area (Å²) in [6, 6.07) is 4.08. The van der Waals surface area contributed by atoms with Crippen LogP contribution in [0.15, 0.2) is 24.3 Å². The van der Waals surface area contributed by atoms with E-state index in [1.54, 1.807) is 34.8 Å². The molecule has 0 aromatic carbocycles. The number of fused-ring (bicyclic) bond motifs is 1. The number of rotatable bonds is 10. The van der Waals surface area contributed by atoms with Gasteiger partial charge in [0.2, 0.25) is 0 Å². The van der Waals surface area contributed by atoms with Crippen molar-refractivity contribution < 1.29 is 19.1 Å². The molecule has 0 aliphatic rings. The molecule has 0 saturated carbocycles. The van der Waals surface area contributed by atoms with Crippen LogP contribution in [0.3, 0.4) is 0 Å². The minimum Gasteiger partial charge on any atom is -0.463 e. The molecule has 0 saturated heterocycles. The summed E-state index contributed by atoms with van der Waals surface area (Å²) >= 11 is 3.21. The Hall–Kier alpha value is -1.92. The first kappa shape index (κ1) is 20.4. The molecule has 0 aliphatic heterocycles. The summed E-state index contributed by atoms with van der Waals surface area (Å²) in [7, 11) is 0. The molecular formula is C20H24O4S2. The van der Waals surface area contributed by atoms with Crippen molar-refractivity contribution in [3.8, 4) is 0 Å². The molecule has 0 unspecified atom stereocenters. The zero-order valence-corrected chi connectivity index (χ0v) is 16.8. The number of ether oxygens (including phenoxy) is 2. The lowest BCUT2D eigenvalue weighted by molar-refractivity contribution is -0.138. The number of hydrogen-bond donors (Lipinski definition) is 0. The first-order chi connectivity index (χ1) is 12.6. The monoisotopic (exact) mass is 392 g/mol. The van der Waals surface area contributed by atoms with Crippen molar-refractivity contribution in [1.29, 1.82) is 0 Å². The van der Waals surface area contributed by atoms with Gasteiger partial charge in [0, 0.05) is 31.3 Å². The van der Waals surface area contributed by atoms with Gasteiger partial charge in [0.25, 0.3) is 0 Å². The molecule has 6 heteroatoms. The van der Waals surface area contributed by atoms with E-state index in [2.05, 4.69) is 13.8 Å². The quantitative estimate of drug-likeness (QED) is 0.297. The Morgan fingerprint density at radius 3 is 1.65 bits per heavy atom. The van der Waals surface area contributed by atoms with Crippen molar-refractivity contribution in [3.05, 3.63) is 34.0 Å². The van der Waals surface area contributed by atoms with E-state index in [0.717, 1.165) is 44.8 Å². The maximum Gasteiger partial charge on any atom is 0.330 e. The van der Waals surface area contributed by atoms with E-state index in [0.29, 0.717) is 13.2 Å². The first-order valence-electron chi connectivity index (χ1n) is 8.85. The SMILES string of the molecule is CCCCOC(=O)/C=C/c1cc2sc(/C=C/C(=O)OCCCC)cc2s1. The molecule has 0 aliphatic carbocycles. The van der Waals surface area contributed by atoms with Crippen molar-refractivity contribution in [2.45, 2.75) is 39.5 Å². The number of hydrogen-bond acceptors (Lipinski definition) is 6. The number of carbonyl (C=O) groups excluding carboxylic acids is 2. The predicted octanol–water partition coefficient (Wildman–Crippen LogP) is 5.68. The van der Waals surface area contributed by atoms with Crippen LogP contribution >= 0.6 is 22.7 Å². The summed E-state index contributed by atoms with van der Waals surface area (Å²) in [5, 5.41) is 0. The molecule has 0 N–H and O–H groups in total. The van der Waals surface area contributed by atoms with E-state index < -0.39 is 0 Å². The summed E-state index contributed by atoms with van der Waals surface area (Å²) in [5.74, 6) is -0.610. The highest BCUT2D eigenvalue weighted by Gasteiger charge is 2.05. The van der Waals surface area contributed by atoms with Gasteiger partial charge >= 0.3 is 11.9 Å². The lowest BCUT2D eigenvalue weighted by Gasteiger charge is -1.98. The maximum atomic E-state index is 11.6. The lowest BCUT2D eigenvalue weighted by Crippen LogP contribution is -2.01. The molecule has 0 radical (unpaired) electrons. The fourth-order valence-electron chi connectivity index (χ4n) is 2.07. The molecule has 2 aromatic heterocycles. The summed E-state index contributed by atoms with van der Waals surface area (Å²) in [6.45, 7) is 5.05. The standard InChI is InChI=1S/C20H24O4S2/c1-3-5-11-23-19(21)9-7-15-13-17-18(25-15)14-16(26-17)8-10-20(22)24-12-6-4-2/h7-10,13-14H,3-6,11-12H2,1-2H3/b9-7+,10-8+. The van der Waals surface area contributed by atoms with Crippen LogP contribution < -0.4 is 0 Å². The number of unbranched alkanes of at least 4 members (excludes halogenated alkanes) is 2. The Labute approximate surface area is 162 Å². The molecule has 0 amide bonds. The van der Waals surface area contributed by atoms with Crippen LogP contribution in [0.4, 0.5) is 0 Å². The Morgan fingerprint density at radius 2 is 1.27 bits per heavy atom. The zero-order chi connectivity index (χ0) is 18.8. The van der Waals surface area contributed by atoms with E-state index in [1.807, 2.05) is 12.1 Å². The Bertz CT molecular complexity index is 690. The second kappa shape index (κ2) is 10.9. The van der Waals surface area contributed by atoms with Gasteiger partial charge in [0.05, 0.1) is 13.2 Å². The molecule has 140 valence electrons. The van der Waals surface area contributed by atoms with E-state index in [-0.39, 0.29) is 11.9 Å². The number of thiophene rings is 2. The van der Waals surface area contributed by atoms with Crippen molar-refractivity contribution in [3.63, 3.8) is 0 Å². The van der Waals surface area contributed by atoms with Gasteiger partial charge in [0.15, 0.2) is 0 Å². The molecule has 2 rings (SSSR count). The highest BCUT2D eigenvalue weighted by atomic mass is 32.1. The minimum atomic E-state index is -0.305. The fraction of sp³-hybridized carbons (Fsp3) is 0.400. The van der Waals surface area contributed by atoms with Crippen molar-refractivity contribution in [1.82, 2.24) is 0 Å². The van der Waals surface area contributed by atoms with Crippen LogP contribution in [0, 0.1) is 0 Å². The predicted molar refractivity (Wildman–Crippen MR) is 110 cm³/mol. The largest absolute Gasteiger partial charge is 0.463 e. The van der Waals surface area contributed by atoms with Gasteiger partial charge in [-0.3, -0.25) is 0 Å². The van der Waals surface area contributed by atoms with Gasteiger partial charge in [-0.05, 0) is 37.1 Å². The van der Waals surface area contributed by atoms with Crippen LogP contribution in [0.2, 0.25) is 0 Å². The molecule has 2 heterocycles. The Kier molecular flexibility index (Phi) is 8.58. The van der Waals surface area contributed by atoms with Crippen LogP contribution in [-0.2, 0) is 19.1 Å². The van der Waals surface area contributed by atoms with Crippen molar-refractivity contribution in [2.75, 3.05) is 13.2 Å². The zero-order valence-electron chi connectivity index (χ0n) is 15.2. The third-order valence-electron chi connectivity index (χ3n) is 3.50. The second-order valence-corrected chi connectivity index (χ2v) is 7.97. The molecule has 4 nitrogen and oxygen atoms in total. The maximum absolute atomic E-state index is 11.6. The third kappa shape index (κ3) is 6.77. The normalized spacial score (nSPS) is 11.6. The molecule has 0 fully saturated rings. The summed E-state index contributed by atoms with van der Waals surface area (Å²) in [6.07, 6.45) is 10.3. The highest BCUT2D eigenvalue weighted by molar-refractivity contribution is 7.28. The van der Waals surface area contributed by atoms with Crippen LogP contribution in [0.1, 0.15) is 49.3 Å². The molecule has 2 aromatic rings. The Balaban J connectivity index is 1.90. The average Bonchev–Trinajstić information content (AvgIpc) is 3.17. The highest BCUT2D eigenvalue weighted by Crippen LogP contribution is 2.34. The molecule has 0 atom stereocenters. The van der Waals surface area contributed by atoms with Gasteiger partial charge in [-0.15, -0.1) is 22.7 Å². The number of esters is 2. The van der Waals surface area contributed by atoms with Crippen LogP contribution in [-0.4, -0.2) is 25.2 Å². The van der Waals surface area contributed by atoms with Gasteiger partial charge in [-0.25, -0.2) is 9.59 Å². The van der Waals surface area contributed by atoms with E-state index in [4.69, 9.17) is 9.47 Å². The third-order valence-corrected chi connectivity index (χ3v) is 5.72. The second-order valence-electron chi connectivity index (χ2n) is 5.73. The van der Waals surface area contributed by atoms with E-state index in [1.165, 1.54) is 12.2 Å². The molecule has 0 bridgehead atoms. The van der Waals surface area contributed by atoms with Crippen molar-refractivity contribution >= 4 is 56.2 Å². The summed E-state index contributed by atoms with van der Waals surface area (Å²) < 4.78 is 12.5. The van der Waals surface area contributed by atoms with Gasteiger partial charge < -0.3 is 9.47 Å². The minimum absolute atomic E-state index is 0.305. The van der Waals surface area contributed by atoms with Crippen LogP contribution in [0.25, 0.3) is 21.6 Å². The smallest absolute Gasteiger partial charge is 0.330 e.